The predicted molar refractivity (Wildman–Crippen MR) is 153 cm³/mol. The van der Waals surface area contributed by atoms with Gasteiger partial charge in [0.1, 0.15) is 0 Å². The summed E-state index contributed by atoms with van der Waals surface area (Å²) in [4.78, 5) is 35.6. The number of amides is 2. The van der Waals surface area contributed by atoms with Crippen LogP contribution in [0.15, 0.2) is 41.1 Å². The fraction of sp³-hybridized carbons (Fsp3) is 0.400. The molecule has 11 heteroatoms. The molecule has 1 unspecified atom stereocenters. The average molecular weight is 553 g/mol. The number of benzene rings is 1. The van der Waals surface area contributed by atoms with Gasteiger partial charge in [-0.3, -0.25) is 14.7 Å². The number of hydrogen-bond acceptors (Lipinski definition) is 8. The van der Waals surface area contributed by atoms with Gasteiger partial charge in [-0.1, -0.05) is 56.1 Å². The van der Waals surface area contributed by atoms with Gasteiger partial charge in [-0.25, -0.2) is 4.98 Å². The van der Waals surface area contributed by atoms with E-state index in [2.05, 4.69) is 59.9 Å². The minimum absolute atomic E-state index is 0.0463. The molecule has 2 aliphatic rings. The Morgan fingerprint density at radius 2 is 1.95 bits per heavy atom. The van der Waals surface area contributed by atoms with E-state index in [9.17, 15) is 9.59 Å². The molecule has 1 saturated carbocycles. The lowest BCUT2D eigenvalue weighted by molar-refractivity contribution is -0.124. The van der Waals surface area contributed by atoms with Crippen LogP contribution in [0.5, 0.6) is 0 Å². The Kier molecular flexibility index (Phi) is 6.49. The van der Waals surface area contributed by atoms with E-state index in [0.29, 0.717) is 30.4 Å². The topological polar surface area (TPSA) is 142 Å². The number of nitrogens with zero attached hydrogens (tertiary/aromatic N) is 5. The number of aromatic nitrogens is 5. The molecule has 2 amide bonds. The first-order valence-electron chi connectivity index (χ1n) is 13.8. The summed E-state index contributed by atoms with van der Waals surface area (Å²) in [6, 6.07) is 10.2. The number of carbonyl (C=O) groups excluding carboxylic acids is 2. The van der Waals surface area contributed by atoms with Crippen LogP contribution in [0.25, 0.3) is 22.2 Å². The molecule has 0 radical (unpaired) electrons. The van der Waals surface area contributed by atoms with Crippen LogP contribution in [0.1, 0.15) is 69.0 Å². The molecule has 3 N–H and O–H groups in total. The van der Waals surface area contributed by atoms with Gasteiger partial charge in [0, 0.05) is 30.7 Å². The highest BCUT2D eigenvalue weighted by Gasteiger charge is 2.46. The van der Waals surface area contributed by atoms with Crippen molar-refractivity contribution in [1.82, 2.24) is 35.5 Å². The third kappa shape index (κ3) is 5.13. The SMILES string of the molecule is CC#CC(=O)N1CCC(Nc2n[nH]c3nccc(-c4ccc(C5(NC(=O)c6noc(C(C)(C)C)n6)CC5)cc4)c23)C1. The van der Waals surface area contributed by atoms with E-state index in [-0.39, 0.29) is 29.1 Å². The third-order valence-corrected chi connectivity index (χ3v) is 7.63. The molecule has 4 heterocycles. The quantitative estimate of drug-likeness (QED) is 0.307. The van der Waals surface area contributed by atoms with Crippen LogP contribution in [0, 0.1) is 11.8 Å². The molecule has 3 aromatic heterocycles. The predicted octanol–water partition coefficient (Wildman–Crippen LogP) is 3.76. The van der Waals surface area contributed by atoms with E-state index >= 15 is 0 Å². The summed E-state index contributed by atoms with van der Waals surface area (Å²) >= 11 is 0. The van der Waals surface area contributed by atoms with Gasteiger partial charge in [0.2, 0.25) is 5.89 Å². The second kappa shape index (κ2) is 10.0. The summed E-state index contributed by atoms with van der Waals surface area (Å²) in [5, 5.41) is 18.9. The highest BCUT2D eigenvalue weighted by molar-refractivity contribution is 6.00. The largest absolute Gasteiger partial charge is 0.363 e. The van der Waals surface area contributed by atoms with Crippen LogP contribution in [0.4, 0.5) is 5.82 Å². The molecule has 6 rings (SSSR count). The zero-order chi connectivity index (χ0) is 28.8. The van der Waals surface area contributed by atoms with E-state index < -0.39 is 5.54 Å². The molecule has 1 atom stereocenters. The monoisotopic (exact) mass is 552 g/mol. The van der Waals surface area contributed by atoms with Crippen molar-refractivity contribution in [3.05, 3.63) is 53.8 Å². The number of rotatable bonds is 6. The van der Waals surface area contributed by atoms with Gasteiger partial charge in [-0.15, -0.1) is 0 Å². The maximum Gasteiger partial charge on any atom is 0.298 e. The van der Waals surface area contributed by atoms with Gasteiger partial charge in [0.25, 0.3) is 17.6 Å². The van der Waals surface area contributed by atoms with Crippen molar-refractivity contribution in [2.24, 2.45) is 0 Å². The molecule has 1 saturated heterocycles. The van der Waals surface area contributed by atoms with Crippen LogP contribution in [0.2, 0.25) is 0 Å². The fourth-order valence-corrected chi connectivity index (χ4v) is 5.21. The van der Waals surface area contributed by atoms with Crippen molar-refractivity contribution in [2.75, 3.05) is 18.4 Å². The van der Waals surface area contributed by atoms with Gasteiger partial charge >= 0.3 is 0 Å². The molecule has 1 aromatic carbocycles. The summed E-state index contributed by atoms with van der Waals surface area (Å²) in [6.45, 7) is 8.77. The number of hydrogen-bond donors (Lipinski definition) is 3. The van der Waals surface area contributed by atoms with Gasteiger partial charge in [0.05, 0.1) is 10.9 Å². The normalized spacial score (nSPS) is 17.7. The van der Waals surface area contributed by atoms with E-state index in [1.807, 2.05) is 39.0 Å². The number of aromatic amines is 1. The lowest BCUT2D eigenvalue weighted by atomic mass is 9.97. The molecule has 1 aliphatic carbocycles. The van der Waals surface area contributed by atoms with Crippen molar-refractivity contribution in [1.29, 1.82) is 0 Å². The number of fused-ring (bicyclic) bond motifs is 1. The standard InChI is InChI=1S/C30H32N8O3/c1-5-6-22(39)38-16-12-20(17-38)32-25-23-21(11-15-31-24(23)35-36-25)18-7-9-19(10-8-18)30(13-14-30)34-27(40)26-33-28(41-37-26)29(2,3)4/h7-11,15,20H,12-14,16-17H2,1-4H3,(H,34,40)(H2,31,32,35,36). The van der Waals surface area contributed by atoms with E-state index in [4.69, 9.17) is 4.52 Å². The van der Waals surface area contributed by atoms with Crippen LogP contribution in [-0.4, -0.2) is 61.2 Å². The number of anilines is 1. The maximum atomic E-state index is 12.9. The second-order valence-electron chi connectivity index (χ2n) is 11.7. The summed E-state index contributed by atoms with van der Waals surface area (Å²) in [5.41, 5.74) is 2.91. The molecular weight excluding hydrogens is 520 g/mol. The molecule has 210 valence electrons. The number of carbonyl (C=O) groups is 2. The first kappa shape index (κ1) is 26.5. The van der Waals surface area contributed by atoms with Gasteiger partial charge in [-0.2, -0.15) is 10.1 Å². The molecule has 2 fully saturated rings. The summed E-state index contributed by atoms with van der Waals surface area (Å²) in [6.07, 6.45) is 4.24. The zero-order valence-electron chi connectivity index (χ0n) is 23.5. The van der Waals surface area contributed by atoms with Gasteiger partial charge < -0.3 is 20.1 Å². The van der Waals surface area contributed by atoms with Crippen molar-refractivity contribution >= 4 is 28.7 Å². The van der Waals surface area contributed by atoms with Crippen LogP contribution >= 0.6 is 0 Å². The summed E-state index contributed by atoms with van der Waals surface area (Å²) in [5.74, 6) is 5.98. The molecule has 1 aliphatic heterocycles. The first-order chi connectivity index (χ1) is 19.7. The Bertz CT molecular complexity index is 1680. The second-order valence-corrected chi connectivity index (χ2v) is 11.7. The Balaban J connectivity index is 1.20. The Morgan fingerprint density at radius 3 is 2.63 bits per heavy atom. The lowest BCUT2D eigenvalue weighted by Crippen LogP contribution is -2.35. The van der Waals surface area contributed by atoms with E-state index in [0.717, 1.165) is 41.3 Å². The smallest absolute Gasteiger partial charge is 0.298 e. The van der Waals surface area contributed by atoms with Gasteiger partial charge in [0.15, 0.2) is 11.5 Å². The van der Waals surface area contributed by atoms with Crippen molar-refractivity contribution in [3.8, 4) is 23.0 Å². The van der Waals surface area contributed by atoms with E-state index in [1.54, 1.807) is 18.0 Å². The molecule has 0 spiro atoms. The van der Waals surface area contributed by atoms with Crippen molar-refractivity contribution < 1.29 is 14.1 Å². The highest BCUT2D eigenvalue weighted by atomic mass is 16.5. The highest BCUT2D eigenvalue weighted by Crippen LogP contribution is 2.46. The summed E-state index contributed by atoms with van der Waals surface area (Å²) < 4.78 is 5.30. The molecule has 0 bridgehead atoms. The zero-order valence-corrected chi connectivity index (χ0v) is 23.5. The number of pyridine rings is 1. The van der Waals surface area contributed by atoms with E-state index in [1.165, 1.54) is 0 Å². The van der Waals surface area contributed by atoms with Crippen LogP contribution in [-0.2, 0) is 15.7 Å². The number of nitrogens with one attached hydrogen (secondary N) is 3. The Hall–Kier alpha value is -4.72. The number of likely N-dealkylation sites (tertiary alicyclic amines) is 1. The van der Waals surface area contributed by atoms with Crippen LogP contribution < -0.4 is 10.6 Å². The fourth-order valence-electron chi connectivity index (χ4n) is 5.21. The minimum Gasteiger partial charge on any atom is -0.363 e. The van der Waals surface area contributed by atoms with Gasteiger partial charge in [-0.05, 0) is 54.9 Å². The Morgan fingerprint density at radius 1 is 1.17 bits per heavy atom. The molecule has 41 heavy (non-hydrogen) atoms. The maximum absolute atomic E-state index is 12.9. The third-order valence-electron chi connectivity index (χ3n) is 7.63. The van der Waals surface area contributed by atoms with Crippen LogP contribution in [0.3, 0.4) is 0 Å². The molecule has 11 nitrogen and oxygen atoms in total. The minimum atomic E-state index is -0.442. The van der Waals surface area contributed by atoms with Crippen molar-refractivity contribution in [2.45, 2.75) is 64.0 Å². The molecular formula is C30H32N8O3. The number of H-pyrrole nitrogens is 1. The summed E-state index contributed by atoms with van der Waals surface area (Å²) in [7, 11) is 0. The van der Waals surface area contributed by atoms with Crippen molar-refractivity contribution in [3.63, 3.8) is 0 Å². The Labute approximate surface area is 237 Å². The molecule has 4 aromatic rings. The lowest BCUT2D eigenvalue weighted by Gasteiger charge is -2.18. The first-order valence-corrected chi connectivity index (χ1v) is 13.8. The average Bonchev–Trinajstić information content (AvgIpc) is 3.34.